The molecule has 12 heavy (non-hydrogen) atoms. The summed E-state index contributed by atoms with van der Waals surface area (Å²) < 4.78 is 5.39. The Bertz CT molecular complexity index is 135. The van der Waals surface area contributed by atoms with Gasteiger partial charge in [0.15, 0.2) is 0 Å². The fraction of sp³-hybridized carbons (Fsp3) is 0.900. The largest absolute Gasteiger partial charge is 0.375 e. The lowest BCUT2D eigenvalue weighted by molar-refractivity contribution is 0.0966. The van der Waals surface area contributed by atoms with Crippen LogP contribution < -0.4 is 0 Å². The van der Waals surface area contributed by atoms with E-state index in [4.69, 9.17) is 10.1 Å². The first kappa shape index (κ1) is 11.6. The standard InChI is InChI=1S/C10H21NO/c1-5-6-9(11)7-12-8-10(2,3)4/h11H,5-8H2,1-4H3. The predicted molar refractivity (Wildman–Crippen MR) is 52.9 cm³/mol. The molecular formula is C10H21NO. The molecule has 0 aromatic rings. The highest BCUT2D eigenvalue weighted by molar-refractivity contribution is 5.82. The van der Waals surface area contributed by atoms with Gasteiger partial charge in [0.1, 0.15) is 0 Å². The van der Waals surface area contributed by atoms with Crippen LogP contribution in [0, 0.1) is 10.8 Å². The average Bonchev–Trinajstić information content (AvgIpc) is 1.84. The molecule has 0 heterocycles. The van der Waals surface area contributed by atoms with Crippen molar-refractivity contribution in [2.75, 3.05) is 13.2 Å². The quantitative estimate of drug-likeness (QED) is 0.634. The van der Waals surface area contributed by atoms with E-state index in [0.29, 0.717) is 12.3 Å². The zero-order chi connectivity index (χ0) is 9.61. The van der Waals surface area contributed by atoms with Gasteiger partial charge in [-0.05, 0) is 11.8 Å². The van der Waals surface area contributed by atoms with E-state index in [1.807, 2.05) is 0 Å². The molecule has 0 rings (SSSR count). The van der Waals surface area contributed by atoms with Gasteiger partial charge in [0, 0.05) is 5.71 Å². The molecule has 0 aliphatic carbocycles. The Labute approximate surface area is 75.8 Å². The van der Waals surface area contributed by atoms with Crippen LogP contribution in [0.2, 0.25) is 0 Å². The van der Waals surface area contributed by atoms with Crippen molar-refractivity contribution < 1.29 is 4.74 Å². The first-order valence-corrected chi connectivity index (χ1v) is 4.60. The van der Waals surface area contributed by atoms with E-state index < -0.39 is 0 Å². The fourth-order valence-corrected chi connectivity index (χ4v) is 0.854. The van der Waals surface area contributed by atoms with Crippen LogP contribution in [0.5, 0.6) is 0 Å². The second kappa shape index (κ2) is 5.31. The maximum Gasteiger partial charge on any atom is 0.0841 e. The highest BCUT2D eigenvalue weighted by atomic mass is 16.5. The van der Waals surface area contributed by atoms with Crippen molar-refractivity contribution in [2.45, 2.75) is 40.5 Å². The SMILES string of the molecule is CCCC(=N)COCC(C)(C)C. The molecule has 0 fully saturated rings. The van der Waals surface area contributed by atoms with Gasteiger partial charge in [-0.1, -0.05) is 34.1 Å². The third kappa shape index (κ3) is 7.73. The summed E-state index contributed by atoms with van der Waals surface area (Å²) in [5, 5.41) is 7.47. The molecule has 0 bridgehead atoms. The number of rotatable bonds is 5. The Hall–Kier alpha value is -0.370. The summed E-state index contributed by atoms with van der Waals surface area (Å²) in [5.74, 6) is 0. The van der Waals surface area contributed by atoms with Crippen molar-refractivity contribution in [3.05, 3.63) is 0 Å². The predicted octanol–water partition coefficient (Wildman–Crippen LogP) is 2.87. The van der Waals surface area contributed by atoms with Gasteiger partial charge in [-0.25, -0.2) is 0 Å². The van der Waals surface area contributed by atoms with E-state index in [1.165, 1.54) is 0 Å². The van der Waals surface area contributed by atoms with Crippen LogP contribution in [-0.2, 0) is 4.74 Å². The van der Waals surface area contributed by atoms with E-state index >= 15 is 0 Å². The highest BCUT2D eigenvalue weighted by Gasteiger charge is 2.09. The molecule has 0 spiro atoms. The molecule has 0 radical (unpaired) electrons. The number of nitrogens with one attached hydrogen (secondary N) is 1. The second-order valence-corrected chi connectivity index (χ2v) is 4.41. The van der Waals surface area contributed by atoms with Crippen LogP contribution in [0.25, 0.3) is 0 Å². The molecule has 0 aromatic heterocycles. The summed E-state index contributed by atoms with van der Waals surface area (Å²) in [6, 6.07) is 0. The van der Waals surface area contributed by atoms with E-state index in [9.17, 15) is 0 Å². The smallest absolute Gasteiger partial charge is 0.0841 e. The van der Waals surface area contributed by atoms with Crippen LogP contribution in [0.4, 0.5) is 0 Å². The highest BCUT2D eigenvalue weighted by Crippen LogP contribution is 2.12. The molecule has 0 aliphatic heterocycles. The summed E-state index contributed by atoms with van der Waals surface area (Å²) in [4.78, 5) is 0. The lowest BCUT2D eigenvalue weighted by atomic mass is 9.99. The van der Waals surface area contributed by atoms with Gasteiger partial charge in [0.25, 0.3) is 0 Å². The summed E-state index contributed by atoms with van der Waals surface area (Å²) in [6.45, 7) is 9.73. The fourth-order valence-electron chi connectivity index (χ4n) is 0.854. The molecule has 2 heteroatoms. The van der Waals surface area contributed by atoms with Crippen LogP contribution in [0.3, 0.4) is 0 Å². The number of hydrogen-bond donors (Lipinski definition) is 1. The Kier molecular flexibility index (Phi) is 5.14. The third-order valence-electron chi connectivity index (χ3n) is 1.36. The average molecular weight is 171 g/mol. The van der Waals surface area contributed by atoms with Crippen molar-refractivity contribution >= 4 is 5.71 Å². The van der Waals surface area contributed by atoms with E-state index in [2.05, 4.69) is 27.7 Å². The molecular weight excluding hydrogens is 150 g/mol. The minimum atomic E-state index is 0.215. The van der Waals surface area contributed by atoms with Gasteiger partial charge in [0.2, 0.25) is 0 Å². The summed E-state index contributed by atoms with van der Waals surface area (Å²) in [7, 11) is 0. The molecule has 72 valence electrons. The molecule has 0 amide bonds. The minimum Gasteiger partial charge on any atom is -0.375 e. The van der Waals surface area contributed by atoms with Crippen molar-refractivity contribution in [1.82, 2.24) is 0 Å². The minimum absolute atomic E-state index is 0.215. The maximum absolute atomic E-state index is 7.47. The molecule has 1 N–H and O–H groups in total. The lowest BCUT2D eigenvalue weighted by Crippen LogP contribution is -2.18. The van der Waals surface area contributed by atoms with Gasteiger partial charge in [-0.15, -0.1) is 0 Å². The number of hydrogen-bond acceptors (Lipinski definition) is 2. The number of ether oxygens (including phenoxy) is 1. The first-order valence-electron chi connectivity index (χ1n) is 4.60. The molecule has 0 unspecified atom stereocenters. The van der Waals surface area contributed by atoms with Gasteiger partial charge >= 0.3 is 0 Å². The molecule has 0 saturated heterocycles. The lowest BCUT2D eigenvalue weighted by Gasteiger charge is -2.17. The molecule has 0 aliphatic rings. The van der Waals surface area contributed by atoms with Crippen LogP contribution >= 0.6 is 0 Å². The van der Waals surface area contributed by atoms with Crippen molar-refractivity contribution in [3.63, 3.8) is 0 Å². The molecule has 0 atom stereocenters. The Balaban J connectivity index is 3.37. The van der Waals surface area contributed by atoms with E-state index in [1.54, 1.807) is 0 Å². The normalized spacial score (nSPS) is 11.7. The molecule has 0 aromatic carbocycles. The van der Waals surface area contributed by atoms with Gasteiger partial charge in [-0.2, -0.15) is 0 Å². The Morgan fingerprint density at radius 2 is 1.92 bits per heavy atom. The van der Waals surface area contributed by atoms with E-state index in [0.717, 1.165) is 19.4 Å². The van der Waals surface area contributed by atoms with Crippen LogP contribution in [0.1, 0.15) is 40.5 Å². The van der Waals surface area contributed by atoms with Gasteiger partial charge in [0.05, 0.1) is 13.2 Å². The van der Waals surface area contributed by atoms with Gasteiger partial charge < -0.3 is 10.1 Å². The van der Waals surface area contributed by atoms with Crippen molar-refractivity contribution in [3.8, 4) is 0 Å². The second-order valence-electron chi connectivity index (χ2n) is 4.41. The first-order chi connectivity index (χ1) is 5.45. The zero-order valence-electron chi connectivity index (χ0n) is 8.74. The maximum atomic E-state index is 7.47. The van der Waals surface area contributed by atoms with Gasteiger partial charge in [-0.3, -0.25) is 0 Å². The van der Waals surface area contributed by atoms with E-state index in [-0.39, 0.29) is 5.41 Å². The Morgan fingerprint density at radius 1 is 1.33 bits per heavy atom. The van der Waals surface area contributed by atoms with Crippen LogP contribution in [-0.4, -0.2) is 18.9 Å². The summed E-state index contributed by atoms with van der Waals surface area (Å²) in [6.07, 6.45) is 1.90. The van der Waals surface area contributed by atoms with Crippen molar-refractivity contribution in [1.29, 1.82) is 5.41 Å². The molecule has 0 saturated carbocycles. The van der Waals surface area contributed by atoms with Crippen LogP contribution in [0.15, 0.2) is 0 Å². The van der Waals surface area contributed by atoms with Crippen molar-refractivity contribution in [2.24, 2.45) is 5.41 Å². The monoisotopic (exact) mass is 171 g/mol. The summed E-state index contributed by atoms with van der Waals surface area (Å²) >= 11 is 0. The topological polar surface area (TPSA) is 33.1 Å². The zero-order valence-corrected chi connectivity index (χ0v) is 8.74. The molecule has 2 nitrogen and oxygen atoms in total. The summed E-state index contributed by atoms with van der Waals surface area (Å²) in [5.41, 5.74) is 0.925. The third-order valence-corrected chi connectivity index (χ3v) is 1.36. The Morgan fingerprint density at radius 3 is 2.33 bits per heavy atom.